The summed E-state index contributed by atoms with van der Waals surface area (Å²) < 4.78 is 5.37. The topological polar surface area (TPSA) is 32.7 Å². The molecule has 1 aromatic carbocycles. The van der Waals surface area contributed by atoms with Crippen LogP contribution in [0.15, 0.2) is 18.2 Å². The zero-order chi connectivity index (χ0) is 14.7. The third kappa shape index (κ3) is 3.53. The lowest BCUT2D eigenvalue weighted by Crippen LogP contribution is -2.40. The second-order valence-corrected chi connectivity index (χ2v) is 6.26. The van der Waals surface area contributed by atoms with Gasteiger partial charge in [0.25, 0.3) is 0 Å². The molecule has 3 atom stereocenters. The summed E-state index contributed by atoms with van der Waals surface area (Å²) in [5.41, 5.74) is 2.05. The lowest BCUT2D eigenvalue weighted by Gasteiger charge is -2.36. The number of aliphatic hydroxyl groups excluding tert-OH is 1. The van der Waals surface area contributed by atoms with E-state index in [1.165, 1.54) is 6.42 Å². The van der Waals surface area contributed by atoms with Gasteiger partial charge in [0.1, 0.15) is 5.75 Å². The molecule has 1 fully saturated rings. The molecule has 20 heavy (non-hydrogen) atoms. The Morgan fingerprint density at radius 2 is 2.10 bits per heavy atom. The highest BCUT2D eigenvalue weighted by Crippen LogP contribution is 2.29. The lowest BCUT2D eigenvalue weighted by molar-refractivity contribution is 0.0692. The van der Waals surface area contributed by atoms with Crippen LogP contribution >= 0.6 is 0 Å². The van der Waals surface area contributed by atoms with Crippen LogP contribution in [0.4, 0.5) is 0 Å². The molecule has 0 spiro atoms. The van der Waals surface area contributed by atoms with Crippen LogP contribution in [0.2, 0.25) is 0 Å². The van der Waals surface area contributed by atoms with E-state index >= 15 is 0 Å². The fraction of sp³-hybridized carbons (Fsp3) is 0.647. The Hall–Kier alpha value is -1.06. The molecule has 112 valence electrons. The van der Waals surface area contributed by atoms with Crippen molar-refractivity contribution < 1.29 is 9.84 Å². The van der Waals surface area contributed by atoms with Crippen molar-refractivity contribution in [3.05, 3.63) is 29.3 Å². The zero-order valence-electron chi connectivity index (χ0n) is 13.1. The molecule has 1 aliphatic heterocycles. The number of benzene rings is 1. The van der Waals surface area contributed by atoms with Crippen molar-refractivity contribution in [1.29, 1.82) is 0 Å². The van der Waals surface area contributed by atoms with E-state index in [0.717, 1.165) is 35.9 Å². The first-order chi connectivity index (χ1) is 9.51. The Balaban J connectivity index is 2.04. The van der Waals surface area contributed by atoms with E-state index in [-0.39, 0.29) is 0 Å². The number of ether oxygens (including phenoxy) is 1. The second kappa shape index (κ2) is 6.59. The molecule has 3 unspecified atom stereocenters. The fourth-order valence-corrected chi connectivity index (χ4v) is 2.97. The molecule has 3 heteroatoms. The molecule has 0 saturated carbocycles. The van der Waals surface area contributed by atoms with Crippen LogP contribution in [0.25, 0.3) is 0 Å². The van der Waals surface area contributed by atoms with Crippen LogP contribution < -0.4 is 4.74 Å². The Bertz CT molecular complexity index is 447. The number of aryl methyl sites for hydroxylation is 1. The molecule has 0 amide bonds. The predicted octanol–water partition coefficient (Wildman–Crippen LogP) is 3.01. The third-order valence-electron chi connectivity index (χ3n) is 4.59. The van der Waals surface area contributed by atoms with Gasteiger partial charge in [0.2, 0.25) is 0 Å². The van der Waals surface area contributed by atoms with Gasteiger partial charge in [0.05, 0.1) is 13.2 Å². The molecule has 1 aliphatic rings. The number of β-amino-alcohol motifs (C(OH)–C–C–N with tert-alkyl or cyclic N) is 1. The van der Waals surface area contributed by atoms with Gasteiger partial charge >= 0.3 is 0 Å². The van der Waals surface area contributed by atoms with Crippen LogP contribution in [-0.4, -0.2) is 36.8 Å². The number of likely N-dealkylation sites (tertiary alicyclic amines) is 1. The lowest BCUT2D eigenvalue weighted by atomic mass is 9.88. The maximum Gasteiger partial charge on any atom is 0.124 e. The monoisotopic (exact) mass is 277 g/mol. The Kier molecular flexibility index (Phi) is 5.06. The molecule has 1 N–H and O–H groups in total. The van der Waals surface area contributed by atoms with Gasteiger partial charge < -0.3 is 14.7 Å². The Morgan fingerprint density at radius 3 is 2.75 bits per heavy atom. The number of hydrogen-bond donors (Lipinski definition) is 1. The summed E-state index contributed by atoms with van der Waals surface area (Å²) in [6.45, 7) is 9.51. The Morgan fingerprint density at radius 1 is 1.35 bits per heavy atom. The van der Waals surface area contributed by atoms with Crippen molar-refractivity contribution in [3.63, 3.8) is 0 Å². The normalized spacial score (nSPS) is 25.4. The van der Waals surface area contributed by atoms with Gasteiger partial charge in [-0.3, -0.25) is 0 Å². The highest BCUT2D eigenvalue weighted by atomic mass is 16.5. The number of piperidine rings is 1. The van der Waals surface area contributed by atoms with Crippen molar-refractivity contribution in [2.75, 3.05) is 26.7 Å². The maximum atomic E-state index is 10.5. The maximum absolute atomic E-state index is 10.5. The molecule has 0 radical (unpaired) electrons. The van der Waals surface area contributed by atoms with E-state index in [1.807, 2.05) is 25.1 Å². The molecule has 2 rings (SSSR count). The molecular weight excluding hydrogens is 250 g/mol. The van der Waals surface area contributed by atoms with Crippen molar-refractivity contribution in [1.82, 2.24) is 4.90 Å². The minimum Gasteiger partial charge on any atom is -0.496 e. The van der Waals surface area contributed by atoms with E-state index in [9.17, 15) is 5.11 Å². The number of hydrogen-bond acceptors (Lipinski definition) is 3. The quantitative estimate of drug-likeness (QED) is 0.918. The molecular formula is C17H27NO2. The summed E-state index contributed by atoms with van der Waals surface area (Å²) in [5, 5.41) is 10.5. The summed E-state index contributed by atoms with van der Waals surface area (Å²) in [7, 11) is 1.66. The average molecular weight is 277 g/mol. The van der Waals surface area contributed by atoms with E-state index < -0.39 is 6.10 Å². The molecule has 1 saturated heterocycles. The van der Waals surface area contributed by atoms with Gasteiger partial charge in [0, 0.05) is 18.7 Å². The number of rotatable bonds is 4. The SMILES string of the molecule is COc1ccc(C)cc1C(O)CN1CCC(C)C(C)C1. The Labute approximate surface area is 122 Å². The molecule has 1 heterocycles. The van der Waals surface area contributed by atoms with Crippen molar-refractivity contribution in [3.8, 4) is 5.75 Å². The standard InChI is InChI=1S/C17H27NO2/c1-12-5-6-17(20-4)15(9-12)16(19)11-18-8-7-13(2)14(3)10-18/h5-6,9,13-14,16,19H,7-8,10-11H2,1-4H3. The van der Waals surface area contributed by atoms with Gasteiger partial charge in [-0.15, -0.1) is 0 Å². The van der Waals surface area contributed by atoms with Gasteiger partial charge in [-0.25, -0.2) is 0 Å². The summed E-state index contributed by atoms with van der Waals surface area (Å²) in [5.74, 6) is 2.27. The second-order valence-electron chi connectivity index (χ2n) is 6.26. The van der Waals surface area contributed by atoms with E-state index in [2.05, 4.69) is 18.7 Å². The average Bonchev–Trinajstić information content (AvgIpc) is 2.43. The molecule has 0 aromatic heterocycles. The predicted molar refractivity (Wildman–Crippen MR) is 82.1 cm³/mol. The molecule has 0 bridgehead atoms. The van der Waals surface area contributed by atoms with Crippen molar-refractivity contribution >= 4 is 0 Å². The number of methoxy groups -OCH3 is 1. The highest BCUT2D eigenvalue weighted by molar-refractivity contribution is 5.38. The van der Waals surface area contributed by atoms with Crippen LogP contribution in [0.5, 0.6) is 5.75 Å². The van der Waals surface area contributed by atoms with E-state index in [0.29, 0.717) is 12.5 Å². The van der Waals surface area contributed by atoms with Crippen LogP contribution in [0.3, 0.4) is 0 Å². The van der Waals surface area contributed by atoms with Crippen molar-refractivity contribution in [2.24, 2.45) is 11.8 Å². The van der Waals surface area contributed by atoms with Gasteiger partial charge in [-0.05, 0) is 43.9 Å². The van der Waals surface area contributed by atoms with Crippen LogP contribution in [0, 0.1) is 18.8 Å². The third-order valence-corrected chi connectivity index (χ3v) is 4.59. The summed E-state index contributed by atoms with van der Waals surface area (Å²) >= 11 is 0. The highest BCUT2D eigenvalue weighted by Gasteiger charge is 2.25. The van der Waals surface area contributed by atoms with E-state index in [1.54, 1.807) is 7.11 Å². The van der Waals surface area contributed by atoms with Crippen molar-refractivity contribution in [2.45, 2.75) is 33.3 Å². The van der Waals surface area contributed by atoms with E-state index in [4.69, 9.17) is 4.74 Å². The summed E-state index contributed by atoms with van der Waals surface area (Å²) in [4.78, 5) is 2.37. The van der Waals surface area contributed by atoms with Crippen LogP contribution in [-0.2, 0) is 0 Å². The molecule has 0 aliphatic carbocycles. The summed E-state index contributed by atoms with van der Waals surface area (Å²) in [6.07, 6.45) is 0.740. The van der Waals surface area contributed by atoms with Crippen LogP contribution in [0.1, 0.15) is 37.5 Å². The van der Waals surface area contributed by atoms with Gasteiger partial charge in [0.15, 0.2) is 0 Å². The first-order valence-electron chi connectivity index (χ1n) is 7.56. The number of aliphatic hydroxyl groups is 1. The summed E-state index contributed by atoms with van der Waals surface area (Å²) in [6, 6.07) is 5.98. The first kappa shape index (κ1) is 15.3. The van der Waals surface area contributed by atoms with Gasteiger partial charge in [-0.1, -0.05) is 25.5 Å². The minimum atomic E-state index is -0.481. The number of nitrogens with zero attached hydrogens (tertiary/aromatic N) is 1. The molecule has 1 aromatic rings. The zero-order valence-corrected chi connectivity index (χ0v) is 13.1. The largest absolute Gasteiger partial charge is 0.496 e. The van der Waals surface area contributed by atoms with Gasteiger partial charge in [-0.2, -0.15) is 0 Å². The first-order valence-corrected chi connectivity index (χ1v) is 7.56. The smallest absolute Gasteiger partial charge is 0.124 e. The minimum absolute atomic E-state index is 0.481. The fourth-order valence-electron chi connectivity index (χ4n) is 2.97. The molecule has 3 nitrogen and oxygen atoms in total.